The molecule has 1 spiro atoms. The van der Waals surface area contributed by atoms with Gasteiger partial charge < -0.3 is 19.3 Å². The van der Waals surface area contributed by atoms with E-state index in [1.165, 1.54) is 16.8 Å². The summed E-state index contributed by atoms with van der Waals surface area (Å²) in [5.74, 6) is 0.876. The zero-order valence-electron chi connectivity index (χ0n) is 19.1. The molecule has 3 aromatic rings. The molecule has 1 amide bonds. The van der Waals surface area contributed by atoms with Gasteiger partial charge in [0, 0.05) is 37.4 Å². The van der Waals surface area contributed by atoms with Crippen molar-refractivity contribution < 1.29 is 14.3 Å². The van der Waals surface area contributed by atoms with Gasteiger partial charge in [0.05, 0.1) is 26.0 Å². The lowest BCUT2D eigenvalue weighted by atomic mass is 9.80. The summed E-state index contributed by atoms with van der Waals surface area (Å²) in [4.78, 5) is 21.7. The summed E-state index contributed by atoms with van der Waals surface area (Å²) in [6.45, 7) is 2.68. The van der Waals surface area contributed by atoms with Crippen LogP contribution in [0.2, 0.25) is 0 Å². The Balaban J connectivity index is 1.32. The van der Waals surface area contributed by atoms with Gasteiger partial charge >= 0.3 is 0 Å². The number of nitrogens with zero attached hydrogens (tertiary/aromatic N) is 3. The van der Waals surface area contributed by atoms with Gasteiger partial charge in [-0.1, -0.05) is 36.4 Å². The highest BCUT2D eigenvalue weighted by Gasteiger charge is 2.50. The van der Waals surface area contributed by atoms with E-state index < -0.39 is 6.10 Å². The number of carbonyl (C=O) groups excluding carboxylic acids is 1. The van der Waals surface area contributed by atoms with Gasteiger partial charge in [0.15, 0.2) is 0 Å². The van der Waals surface area contributed by atoms with Crippen LogP contribution >= 0.6 is 0 Å². The number of hydrogen-bond acceptors (Lipinski definition) is 5. The van der Waals surface area contributed by atoms with Gasteiger partial charge in [0.2, 0.25) is 0 Å². The normalized spacial score (nSPS) is 21.3. The first-order chi connectivity index (χ1) is 16.1. The first kappa shape index (κ1) is 21.5. The molecular formula is C27H29N3O3. The molecule has 2 aromatic carbocycles. The molecule has 1 fully saturated rings. The predicted molar refractivity (Wildman–Crippen MR) is 127 cm³/mol. The Morgan fingerprint density at radius 1 is 1.15 bits per heavy atom. The number of benzene rings is 2. The molecule has 0 unspecified atom stereocenters. The van der Waals surface area contributed by atoms with Crippen LogP contribution < -0.4 is 9.64 Å². The number of hydrogen-bond donors (Lipinski definition) is 0. The molecule has 1 aromatic heterocycles. The number of pyridine rings is 1. The highest BCUT2D eigenvalue weighted by Crippen LogP contribution is 2.48. The van der Waals surface area contributed by atoms with E-state index in [2.05, 4.69) is 46.3 Å². The minimum Gasteiger partial charge on any atom is -0.497 e. The predicted octanol–water partition coefficient (Wildman–Crippen LogP) is 3.80. The monoisotopic (exact) mass is 443 g/mol. The molecular weight excluding hydrogens is 414 g/mol. The fourth-order valence-corrected chi connectivity index (χ4v) is 5.07. The number of aromatic nitrogens is 1. The Morgan fingerprint density at radius 3 is 2.70 bits per heavy atom. The average Bonchev–Trinajstić information content (AvgIpc) is 3.42. The first-order valence-electron chi connectivity index (χ1n) is 11.3. The number of anilines is 1. The van der Waals surface area contributed by atoms with Crippen molar-refractivity contribution in [3.63, 3.8) is 0 Å². The van der Waals surface area contributed by atoms with Crippen molar-refractivity contribution in [3.05, 3.63) is 89.7 Å². The highest BCUT2D eigenvalue weighted by atomic mass is 16.5. The Kier molecular flexibility index (Phi) is 5.77. The van der Waals surface area contributed by atoms with Crippen LogP contribution in [0.5, 0.6) is 5.75 Å². The summed E-state index contributed by atoms with van der Waals surface area (Å²) in [7, 11) is 3.50. The van der Waals surface area contributed by atoms with Gasteiger partial charge in [-0.2, -0.15) is 0 Å². The smallest absolute Gasteiger partial charge is 0.251 e. The summed E-state index contributed by atoms with van der Waals surface area (Å²) in [5.41, 5.74) is 4.44. The topological polar surface area (TPSA) is 54.9 Å². The van der Waals surface area contributed by atoms with Crippen LogP contribution in [-0.2, 0) is 28.0 Å². The lowest BCUT2D eigenvalue weighted by molar-refractivity contribution is -0.140. The third-order valence-corrected chi connectivity index (χ3v) is 6.76. The number of methoxy groups -OCH3 is 1. The second-order valence-corrected chi connectivity index (χ2v) is 9.02. The standard InChI is InChI=1S/C27H29N3O3/c1-29(17-21-7-5-6-14-28-21)26(31)25-15-27(19-33-25)18-30(24-9-4-3-8-23(24)27)16-20-10-12-22(32-2)13-11-20/h3-14,25H,15-19H2,1-2H3/t25-,27-/m0/s1. The van der Waals surface area contributed by atoms with Crippen LogP contribution in [0.4, 0.5) is 5.69 Å². The maximum Gasteiger partial charge on any atom is 0.251 e. The van der Waals surface area contributed by atoms with Crippen molar-refractivity contribution >= 4 is 11.6 Å². The van der Waals surface area contributed by atoms with Crippen LogP contribution in [-0.4, -0.2) is 49.2 Å². The number of fused-ring (bicyclic) bond motifs is 2. The third-order valence-electron chi connectivity index (χ3n) is 6.76. The molecule has 0 N–H and O–H groups in total. The Bertz CT molecular complexity index is 1120. The summed E-state index contributed by atoms with van der Waals surface area (Å²) < 4.78 is 11.4. The molecule has 2 aliphatic rings. The van der Waals surface area contributed by atoms with E-state index in [1.54, 1.807) is 18.2 Å². The largest absolute Gasteiger partial charge is 0.497 e. The van der Waals surface area contributed by atoms with Crippen molar-refractivity contribution in [1.82, 2.24) is 9.88 Å². The van der Waals surface area contributed by atoms with E-state index in [4.69, 9.17) is 9.47 Å². The van der Waals surface area contributed by atoms with E-state index in [9.17, 15) is 4.79 Å². The number of carbonyl (C=O) groups is 1. The quantitative estimate of drug-likeness (QED) is 0.580. The zero-order chi connectivity index (χ0) is 22.8. The molecule has 0 saturated carbocycles. The van der Waals surface area contributed by atoms with E-state index in [-0.39, 0.29) is 11.3 Å². The van der Waals surface area contributed by atoms with E-state index in [1.807, 2.05) is 37.4 Å². The van der Waals surface area contributed by atoms with Crippen molar-refractivity contribution in [2.24, 2.45) is 0 Å². The summed E-state index contributed by atoms with van der Waals surface area (Å²) >= 11 is 0. The maximum atomic E-state index is 13.2. The van der Waals surface area contributed by atoms with Crippen molar-refractivity contribution in [2.45, 2.75) is 31.0 Å². The van der Waals surface area contributed by atoms with Gasteiger partial charge in [-0.05, 0) is 47.9 Å². The Labute approximate surface area is 194 Å². The van der Waals surface area contributed by atoms with Crippen LogP contribution in [0.15, 0.2) is 72.9 Å². The molecule has 0 bridgehead atoms. The van der Waals surface area contributed by atoms with Gasteiger partial charge in [-0.3, -0.25) is 9.78 Å². The lowest BCUT2D eigenvalue weighted by Crippen LogP contribution is -2.38. The average molecular weight is 444 g/mol. The molecule has 2 aliphatic heterocycles. The summed E-state index contributed by atoms with van der Waals surface area (Å²) in [6.07, 6.45) is 2.00. The molecule has 0 aliphatic carbocycles. The highest BCUT2D eigenvalue weighted by molar-refractivity contribution is 5.81. The summed E-state index contributed by atoms with van der Waals surface area (Å²) in [6, 6.07) is 22.5. The molecule has 0 radical (unpaired) electrons. The van der Waals surface area contributed by atoms with Crippen LogP contribution in [0, 0.1) is 0 Å². The van der Waals surface area contributed by atoms with Crippen molar-refractivity contribution in [1.29, 1.82) is 0 Å². The zero-order valence-corrected chi connectivity index (χ0v) is 19.1. The van der Waals surface area contributed by atoms with Crippen LogP contribution in [0.3, 0.4) is 0 Å². The number of ether oxygens (including phenoxy) is 2. The molecule has 33 heavy (non-hydrogen) atoms. The molecule has 6 nitrogen and oxygen atoms in total. The second kappa shape index (κ2) is 8.87. The molecule has 3 heterocycles. The lowest BCUT2D eigenvalue weighted by Gasteiger charge is -2.25. The Morgan fingerprint density at radius 2 is 1.94 bits per heavy atom. The molecule has 1 saturated heterocycles. The van der Waals surface area contributed by atoms with E-state index in [0.717, 1.165) is 24.5 Å². The molecule has 2 atom stereocenters. The van der Waals surface area contributed by atoms with E-state index in [0.29, 0.717) is 19.6 Å². The third kappa shape index (κ3) is 4.18. The van der Waals surface area contributed by atoms with Crippen LogP contribution in [0.1, 0.15) is 23.2 Å². The molecule has 6 heteroatoms. The minimum atomic E-state index is -0.437. The van der Waals surface area contributed by atoms with Crippen LogP contribution in [0.25, 0.3) is 0 Å². The fourth-order valence-electron chi connectivity index (χ4n) is 5.07. The minimum absolute atomic E-state index is 0.0172. The van der Waals surface area contributed by atoms with Crippen molar-refractivity contribution in [2.75, 3.05) is 32.2 Å². The van der Waals surface area contributed by atoms with Gasteiger partial charge in [0.25, 0.3) is 5.91 Å². The second-order valence-electron chi connectivity index (χ2n) is 9.02. The number of likely N-dealkylation sites (N-methyl/N-ethyl adjacent to an activating group) is 1. The maximum absolute atomic E-state index is 13.2. The number of para-hydroxylation sites is 1. The Hall–Kier alpha value is -3.38. The van der Waals surface area contributed by atoms with Gasteiger partial charge in [-0.15, -0.1) is 0 Å². The van der Waals surface area contributed by atoms with Gasteiger partial charge in [0.1, 0.15) is 11.9 Å². The summed E-state index contributed by atoms with van der Waals surface area (Å²) in [5, 5.41) is 0. The van der Waals surface area contributed by atoms with E-state index >= 15 is 0 Å². The number of rotatable bonds is 6. The molecule has 5 rings (SSSR count). The SMILES string of the molecule is COc1ccc(CN2C[C@@]3(CO[C@H](C(=O)N(C)Cc4ccccn4)C3)c3ccccc32)cc1. The number of amides is 1. The van der Waals surface area contributed by atoms with Crippen molar-refractivity contribution in [3.8, 4) is 5.75 Å². The molecule has 170 valence electrons. The van der Waals surface area contributed by atoms with Gasteiger partial charge in [-0.25, -0.2) is 0 Å². The first-order valence-corrected chi connectivity index (χ1v) is 11.3. The fraction of sp³-hybridized carbons (Fsp3) is 0.333.